The van der Waals surface area contributed by atoms with Gasteiger partial charge in [-0.3, -0.25) is 0 Å². The predicted octanol–water partition coefficient (Wildman–Crippen LogP) is 4.10. The van der Waals surface area contributed by atoms with Crippen LogP contribution in [0.15, 0.2) is 29.0 Å². The lowest BCUT2D eigenvalue weighted by Gasteiger charge is -2.10. The predicted molar refractivity (Wildman–Crippen MR) is 86.2 cm³/mol. The van der Waals surface area contributed by atoms with Crippen molar-refractivity contribution in [3.05, 3.63) is 44.3 Å². The van der Waals surface area contributed by atoms with Gasteiger partial charge in [0.2, 0.25) is 0 Å². The molecule has 0 saturated heterocycles. The Morgan fingerprint density at radius 3 is 2.75 bits per heavy atom. The maximum atomic E-state index is 11.9. The van der Waals surface area contributed by atoms with Gasteiger partial charge in [-0.2, -0.15) is 0 Å². The first-order valence-corrected chi connectivity index (χ1v) is 7.94. The molecule has 2 heterocycles. The Hall–Kier alpha value is -1.40. The molecule has 2 amide bonds. The smallest absolute Gasteiger partial charge is 0.319 e. The third kappa shape index (κ3) is 3.80. The van der Waals surface area contributed by atoms with Crippen LogP contribution in [-0.4, -0.2) is 11.0 Å². The van der Waals surface area contributed by atoms with Crippen molar-refractivity contribution in [2.45, 2.75) is 26.8 Å². The molecule has 6 heteroatoms. The Morgan fingerprint density at radius 2 is 2.10 bits per heavy atom. The normalized spacial score (nSPS) is 10.3. The van der Waals surface area contributed by atoms with Crippen molar-refractivity contribution >= 4 is 39.0 Å². The second-order valence-electron chi connectivity index (χ2n) is 4.32. The Balaban J connectivity index is 1.92. The highest BCUT2D eigenvalue weighted by molar-refractivity contribution is 9.10. The fraction of sp³-hybridized carbons (Fsp3) is 0.286. The zero-order valence-corrected chi connectivity index (χ0v) is 13.8. The molecule has 2 rings (SSSR count). The molecule has 0 aliphatic carbocycles. The monoisotopic (exact) mass is 353 g/mol. The van der Waals surface area contributed by atoms with E-state index < -0.39 is 0 Å². The maximum Gasteiger partial charge on any atom is 0.319 e. The molecule has 0 unspecified atom stereocenters. The maximum absolute atomic E-state index is 11.9. The summed E-state index contributed by atoms with van der Waals surface area (Å²) in [6, 6.07) is 5.78. The number of amides is 2. The van der Waals surface area contributed by atoms with E-state index in [0.717, 1.165) is 16.9 Å². The van der Waals surface area contributed by atoms with Gasteiger partial charge < -0.3 is 10.6 Å². The highest BCUT2D eigenvalue weighted by Gasteiger charge is 2.09. The summed E-state index contributed by atoms with van der Waals surface area (Å²) in [5.41, 5.74) is 1.66. The van der Waals surface area contributed by atoms with E-state index >= 15 is 0 Å². The third-order valence-electron chi connectivity index (χ3n) is 2.84. The van der Waals surface area contributed by atoms with E-state index in [2.05, 4.69) is 50.6 Å². The number of carbonyl (C=O) groups excluding carboxylic acids is 1. The van der Waals surface area contributed by atoms with Crippen LogP contribution >= 0.6 is 27.3 Å². The van der Waals surface area contributed by atoms with E-state index in [1.54, 1.807) is 17.5 Å². The van der Waals surface area contributed by atoms with Gasteiger partial charge in [0, 0.05) is 16.0 Å². The Labute approximate surface area is 130 Å². The fourth-order valence-electron chi connectivity index (χ4n) is 1.71. The topological polar surface area (TPSA) is 54.0 Å². The molecule has 2 aromatic heterocycles. The molecule has 0 bridgehead atoms. The summed E-state index contributed by atoms with van der Waals surface area (Å²) < 4.78 is 0.636. The zero-order chi connectivity index (χ0) is 14.5. The van der Waals surface area contributed by atoms with Gasteiger partial charge in [-0.05, 0) is 53.0 Å². The molecule has 0 radical (unpaired) electrons. The number of aryl methyl sites for hydroxylation is 2. The lowest BCUT2D eigenvalue weighted by atomic mass is 10.2. The molecular weight excluding hydrogens is 338 g/mol. The van der Waals surface area contributed by atoms with Gasteiger partial charge >= 0.3 is 6.03 Å². The molecule has 2 N–H and O–H groups in total. The summed E-state index contributed by atoms with van der Waals surface area (Å²) in [7, 11) is 0. The van der Waals surface area contributed by atoms with Crippen LogP contribution in [0.4, 0.5) is 10.5 Å². The first kappa shape index (κ1) is 15.0. The van der Waals surface area contributed by atoms with Crippen LogP contribution in [0.2, 0.25) is 0 Å². The van der Waals surface area contributed by atoms with Crippen LogP contribution in [-0.2, 0) is 13.0 Å². The minimum absolute atomic E-state index is 0.228. The number of rotatable bonds is 4. The molecule has 0 saturated carbocycles. The average molecular weight is 354 g/mol. The summed E-state index contributed by atoms with van der Waals surface area (Å²) in [6.45, 7) is 4.58. The first-order chi connectivity index (χ1) is 9.60. The van der Waals surface area contributed by atoms with Gasteiger partial charge in [-0.15, -0.1) is 11.3 Å². The van der Waals surface area contributed by atoms with Gasteiger partial charge in [-0.1, -0.05) is 6.92 Å². The molecule has 4 nitrogen and oxygen atoms in total. The lowest BCUT2D eigenvalue weighted by molar-refractivity contribution is 0.252. The Bertz CT molecular complexity index is 592. The highest BCUT2D eigenvalue weighted by Crippen LogP contribution is 2.23. The summed E-state index contributed by atoms with van der Waals surface area (Å²) in [4.78, 5) is 18.5. The molecule has 0 atom stereocenters. The van der Waals surface area contributed by atoms with Crippen LogP contribution in [0.5, 0.6) is 0 Å². The fourth-order valence-corrected chi connectivity index (χ4v) is 3.14. The number of anilines is 1. The first-order valence-electron chi connectivity index (χ1n) is 6.33. The number of nitrogens with one attached hydrogen (secondary N) is 2. The van der Waals surface area contributed by atoms with Gasteiger partial charge in [-0.25, -0.2) is 9.78 Å². The van der Waals surface area contributed by atoms with Crippen LogP contribution in [0.3, 0.4) is 0 Å². The van der Waals surface area contributed by atoms with E-state index in [-0.39, 0.29) is 6.03 Å². The van der Waals surface area contributed by atoms with E-state index in [0.29, 0.717) is 16.8 Å². The van der Waals surface area contributed by atoms with Crippen molar-refractivity contribution in [2.75, 3.05) is 5.32 Å². The van der Waals surface area contributed by atoms with Crippen molar-refractivity contribution in [1.29, 1.82) is 0 Å². The van der Waals surface area contributed by atoms with Crippen molar-refractivity contribution < 1.29 is 4.79 Å². The molecule has 0 fully saturated rings. The van der Waals surface area contributed by atoms with Crippen molar-refractivity contribution in [3.63, 3.8) is 0 Å². The number of thiophene rings is 1. The van der Waals surface area contributed by atoms with Crippen LogP contribution in [0.25, 0.3) is 0 Å². The molecule has 0 spiro atoms. The van der Waals surface area contributed by atoms with Gasteiger partial charge in [0.1, 0.15) is 4.60 Å². The number of hydrogen-bond acceptors (Lipinski definition) is 3. The number of aromatic nitrogens is 1. The molecule has 20 heavy (non-hydrogen) atoms. The molecule has 0 aliphatic heterocycles. The molecule has 2 aromatic rings. The van der Waals surface area contributed by atoms with Crippen molar-refractivity contribution in [1.82, 2.24) is 10.3 Å². The highest BCUT2D eigenvalue weighted by atomic mass is 79.9. The van der Waals surface area contributed by atoms with E-state index in [9.17, 15) is 4.79 Å². The number of hydrogen-bond donors (Lipinski definition) is 2. The minimum Gasteiger partial charge on any atom is -0.333 e. The summed E-state index contributed by atoms with van der Waals surface area (Å²) in [5.74, 6) is 0. The van der Waals surface area contributed by atoms with Gasteiger partial charge in [0.15, 0.2) is 0 Å². The molecule has 0 aliphatic rings. The van der Waals surface area contributed by atoms with Crippen LogP contribution in [0.1, 0.15) is 22.2 Å². The van der Waals surface area contributed by atoms with Crippen molar-refractivity contribution in [3.8, 4) is 0 Å². The zero-order valence-electron chi connectivity index (χ0n) is 11.4. The van der Waals surface area contributed by atoms with Crippen molar-refractivity contribution in [2.24, 2.45) is 0 Å². The number of nitrogens with zero attached hydrogens (tertiary/aromatic N) is 1. The summed E-state index contributed by atoms with van der Waals surface area (Å²) >= 11 is 5.06. The standard InChI is InChI=1S/C14H16BrN3OS/c1-3-10-4-5-11(20-10)8-17-14(19)18-12-9(2)6-7-16-13(12)15/h4-7H,3,8H2,1-2H3,(H2,17,18,19). The second kappa shape index (κ2) is 6.85. The molecule has 0 aromatic carbocycles. The lowest BCUT2D eigenvalue weighted by Crippen LogP contribution is -2.28. The molecular formula is C14H16BrN3OS. The second-order valence-corrected chi connectivity index (χ2v) is 6.33. The van der Waals surface area contributed by atoms with Gasteiger partial charge in [0.05, 0.1) is 12.2 Å². The number of urea groups is 1. The van der Waals surface area contributed by atoms with Crippen LogP contribution < -0.4 is 10.6 Å². The van der Waals surface area contributed by atoms with E-state index in [4.69, 9.17) is 0 Å². The van der Waals surface area contributed by atoms with E-state index in [1.807, 2.05) is 13.0 Å². The van der Waals surface area contributed by atoms with Crippen LogP contribution in [0, 0.1) is 6.92 Å². The number of carbonyl (C=O) groups is 1. The number of pyridine rings is 1. The Kier molecular flexibility index (Phi) is 5.14. The third-order valence-corrected chi connectivity index (χ3v) is 4.67. The quantitative estimate of drug-likeness (QED) is 0.813. The average Bonchev–Trinajstić information content (AvgIpc) is 2.89. The SMILES string of the molecule is CCc1ccc(CNC(=O)Nc2c(C)ccnc2Br)s1. The summed E-state index contributed by atoms with van der Waals surface area (Å²) in [5, 5.41) is 5.67. The largest absolute Gasteiger partial charge is 0.333 e. The van der Waals surface area contributed by atoms with Gasteiger partial charge in [0.25, 0.3) is 0 Å². The summed E-state index contributed by atoms with van der Waals surface area (Å²) in [6.07, 6.45) is 2.72. The van der Waals surface area contributed by atoms with E-state index in [1.165, 1.54) is 4.88 Å². The number of halogens is 1. The molecule has 106 valence electrons. The minimum atomic E-state index is -0.228. The Morgan fingerprint density at radius 1 is 1.35 bits per heavy atom.